The van der Waals surface area contributed by atoms with Crippen molar-refractivity contribution >= 4 is 39.2 Å². The van der Waals surface area contributed by atoms with Gasteiger partial charge >= 0.3 is 0 Å². The number of nitrogens with zero attached hydrogens (tertiary/aromatic N) is 5. The Labute approximate surface area is 181 Å². The average Bonchev–Trinajstić information content (AvgIpc) is 3.52. The lowest BCUT2D eigenvalue weighted by molar-refractivity contribution is 0.500. The predicted molar refractivity (Wildman–Crippen MR) is 125 cm³/mol. The lowest BCUT2D eigenvalue weighted by Crippen LogP contribution is -2.08. The molecule has 0 spiro atoms. The van der Waals surface area contributed by atoms with Crippen LogP contribution >= 0.6 is 11.3 Å². The molecule has 0 aliphatic carbocycles. The van der Waals surface area contributed by atoms with Crippen LogP contribution in [0.4, 0.5) is 4.39 Å². The number of hydrogen-bond acceptors (Lipinski definition) is 4. The van der Waals surface area contributed by atoms with Gasteiger partial charge in [-0.15, -0.1) is 11.3 Å². The van der Waals surface area contributed by atoms with E-state index >= 15 is 0 Å². The largest absolute Gasteiger partial charge is 0.274 e. The Morgan fingerprint density at radius 1 is 1.13 bits per heavy atom. The van der Waals surface area contributed by atoms with Crippen molar-refractivity contribution in [3.8, 4) is 16.4 Å². The van der Waals surface area contributed by atoms with Gasteiger partial charge in [-0.25, -0.2) is 9.65 Å². The highest BCUT2D eigenvalue weighted by Gasteiger charge is 2.30. The molecule has 1 aliphatic heterocycles. The summed E-state index contributed by atoms with van der Waals surface area (Å²) in [5, 5.41) is 19.8. The second kappa shape index (κ2) is 9.44. The second-order valence-corrected chi connectivity index (χ2v) is 8.00. The topological polar surface area (TPSA) is 59.4 Å². The molecular weight excluding hydrogens is 396 g/mol. The van der Waals surface area contributed by atoms with E-state index in [1.54, 1.807) is 29.1 Å². The van der Waals surface area contributed by atoms with E-state index in [1.165, 1.54) is 0 Å². The van der Waals surface area contributed by atoms with Crippen molar-refractivity contribution < 1.29 is 4.39 Å². The molecular formula is C22H27BFN5S. The van der Waals surface area contributed by atoms with Gasteiger partial charge in [0, 0.05) is 47.1 Å². The summed E-state index contributed by atoms with van der Waals surface area (Å²) in [5.74, 6) is 2.06. The maximum Gasteiger partial charge on any atom is 0.270 e. The van der Waals surface area contributed by atoms with E-state index in [4.69, 9.17) is 10.4 Å². The Hall–Kier alpha value is -2.66. The Balaban J connectivity index is 0.000000606. The van der Waals surface area contributed by atoms with E-state index in [0.717, 1.165) is 45.1 Å². The third-order valence-electron chi connectivity index (χ3n) is 5.14. The van der Waals surface area contributed by atoms with Crippen LogP contribution in [-0.2, 0) is 7.05 Å². The Kier molecular flexibility index (Phi) is 6.93. The minimum absolute atomic E-state index is 0.145. The van der Waals surface area contributed by atoms with Crippen LogP contribution in [-0.4, -0.2) is 26.3 Å². The van der Waals surface area contributed by atoms with Crippen LogP contribution in [0.25, 0.3) is 31.6 Å². The van der Waals surface area contributed by atoms with Crippen molar-refractivity contribution in [3.05, 3.63) is 36.4 Å². The molecule has 156 valence electrons. The standard InChI is InChI=1S/C18H15BFN5S.2C2H6/c1-24-8-12-4-11(5-15(20)17(12)22-24)16-6-13-9-25(23-18(13)26-16)14-2-3-19(7-14)10-21;2*1-2/h4-6,8-9,14H,2-3,7H2,1H3;2*1-2H3. The Morgan fingerprint density at radius 3 is 2.57 bits per heavy atom. The third kappa shape index (κ3) is 4.13. The van der Waals surface area contributed by atoms with Gasteiger partial charge in [0.15, 0.2) is 5.82 Å². The third-order valence-corrected chi connectivity index (χ3v) is 6.22. The summed E-state index contributed by atoms with van der Waals surface area (Å²) in [6, 6.07) is 5.89. The van der Waals surface area contributed by atoms with Crippen LogP contribution in [0.2, 0.25) is 12.6 Å². The molecule has 5 nitrogen and oxygen atoms in total. The van der Waals surface area contributed by atoms with Crippen LogP contribution in [0.3, 0.4) is 0 Å². The maximum atomic E-state index is 14.3. The van der Waals surface area contributed by atoms with Gasteiger partial charge in [-0.2, -0.15) is 10.2 Å². The number of thiophene rings is 1. The fraction of sp³-hybridized carbons (Fsp3) is 0.409. The predicted octanol–water partition coefficient (Wildman–Crippen LogP) is 6.35. The molecule has 1 unspecified atom stereocenters. The summed E-state index contributed by atoms with van der Waals surface area (Å²) in [5.41, 5.74) is 1.25. The van der Waals surface area contributed by atoms with Crippen molar-refractivity contribution in [2.45, 2.75) is 52.8 Å². The minimum Gasteiger partial charge on any atom is -0.274 e. The smallest absolute Gasteiger partial charge is 0.270 e. The second-order valence-electron chi connectivity index (χ2n) is 6.97. The number of aromatic nitrogens is 4. The van der Waals surface area contributed by atoms with Crippen LogP contribution < -0.4 is 0 Å². The fourth-order valence-corrected chi connectivity index (χ4v) is 4.84. The zero-order valence-electron chi connectivity index (χ0n) is 18.2. The van der Waals surface area contributed by atoms with E-state index in [1.807, 2.05) is 44.6 Å². The summed E-state index contributed by atoms with van der Waals surface area (Å²) in [6.45, 7) is 8.15. The van der Waals surface area contributed by atoms with Gasteiger partial charge in [-0.3, -0.25) is 9.36 Å². The molecule has 0 radical (unpaired) electrons. The van der Waals surface area contributed by atoms with Crippen molar-refractivity contribution in [2.24, 2.45) is 7.05 Å². The first-order valence-electron chi connectivity index (χ1n) is 10.6. The number of fused-ring (bicyclic) bond motifs is 2. The van der Waals surface area contributed by atoms with Gasteiger partial charge < -0.3 is 0 Å². The van der Waals surface area contributed by atoms with Crippen LogP contribution in [0, 0.1) is 17.0 Å². The molecule has 0 bridgehead atoms. The van der Waals surface area contributed by atoms with Gasteiger partial charge in [-0.05, 0) is 36.5 Å². The zero-order chi connectivity index (χ0) is 21.8. The quantitative estimate of drug-likeness (QED) is 0.353. The van der Waals surface area contributed by atoms with Crippen LogP contribution in [0.1, 0.15) is 40.2 Å². The highest BCUT2D eigenvalue weighted by molar-refractivity contribution is 7.21. The van der Waals surface area contributed by atoms with Gasteiger partial charge in [0.2, 0.25) is 0 Å². The fourth-order valence-electron chi connectivity index (χ4n) is 3.84. The lowest BCUT2D eigenvalue weighted by atomic mass is 9.50. The van der Waals surface area contributed by atoms with Crippen molar-refractivity contribution in [3.63, 3.8) is 0 Å². The van der Waals surface area contributed by atoms with E-state index in [9.17, 15) is 4.39 Å². The maximum absolute atomic E-state index is 14.3. The van der Waals surface area contributed by atoms with Gasteiger partial charge in [0.1, 0.15) is 10.3 Å². The molecule has 1 fully saturated rings. The first-order valence-corrected chi connectivity index (χ1v) is 11.4. The molecule has 5 rings (SSSR count). The molecule has 0 amide bonds. The van der Waals surface area contributed by atoms with E-state index in [0.29, 0.717) is 11.6 Å². The first kappa shape index (κ1) is 22.0. The number of aryl methyl sites for hydroxylation is 1. The molecule has 0 saturated carbocycles. The Morgan fingerprint density at radius 2 is 1.90 bits per heavy atom. The summed E-state index contributed by atoms with van der Waals surface area (Å²) in [6.07, 6.45) is 6.71. The molecule has 4 heterocycles. The molecule has 1 aromatic carbocycles. The SMILES string of the molecule is CC.CC.Cn1cc2cc(-c3cc4cn(C5CCB(C#N)C5)nc4s3)cc(F)c2n1. The molecule has 3 aromatic heterocycles. The zero-order valence-corrected chi connectivity index (χ0v) is 19.0. The summed E-state index contributed by atoms with van der Waals surface area (Å²) >= 11 is 1.57. The first-order chi connectivity index (χ1) is 14.6. The van der Waals surface area contributed by atoms with Gasteiger partial charge in [0.05, 0.1) is 0 Å². The van der Waals surface area contributed by atoms with Crippen molar-refractivity contribution in [1.29, 1.82) is 5.26 Å². The normalized spacial score (nSPS) is 15.5. The number of rotatable bonds is 2. The van der Waals surface area contributed by atoms with E-state index in [-0.39, 0.29) is 12.5 Å². The summed E-state index contributed by atoms with van der Waals surface area (Å²) in [7, 11) is 1.79. The summed E-state index contributed by atoms with van der Waals surface area (Å²) in [4.78, 5) is 1.95. The molecule has 8 heteroatoms. The van der Waals surface area contributed by atoms with Crippen molar-refractivity contribution in [2.75, 3.05) is 0 Å². The highest BCUT2D eigenvalue weighted by Crippen LogP contribution is 2.37. The molecule has 1 atom stereocenters. The molecule has 30 heavy (non-hydrogen) atoms. The number of halogens is 1. The molecule has 1 aliphatic rings. The van der Waals surface area contributed by atoms with Gasteiger partial charge in [0.25, 0.3) is 6.71 Å². The van der Waals surface area contributed by atoms with E-state index < -0.39 is 0 Å². The Bertz CT molecular complexity index is 1150. The molecule has 4 aromatic rings. The summed E-state index contributed by atoms with van der Waals surface area (Å²) < 4.78 is 18.0. The minimum atomic E-state index is -0.303. The number of hydrogen-bond donors (Lipinski definition) is 0. The highest BCUT2D eigenvalue weighted by atomic mass is 32.1. The number of nitriles is 1. The number of benzene rings is 1. The molecule has 0 N–H and O–H groups in total. The van der Waals surface area contributed by atoms with Crippen LogP contribution in [0.15, 0.2) is 30.6 Å². The van der Waals surface area contributed by atoms with Gasteiger partial charge in [-0.1, -0.05) is 34.0 Å². The monoisotopic (exact) mass is 423 g/mol. The van der Waals surface area contributed by atoms with Crippen molar-refractivity contribution in [1.82, 2.24) is 19.6 Å². The van der Waals surface area contributed by atoms with E-state index in [2.05, 4.69) is 23.3 Å². The van der Waals surface area contributed by atoms with Crippen LogP contribution in [0.5, 0.6) is 0 Å². The average molecular weight is 423 g/mol. The molecule has 1 saturated heterocycles. The lowest BCUT2D eigenvalue weighted by Gasteiger charge is -2.08.